The van der Waals surface area contributed by atoms with Gasteiger partial charge in [-0.2, -0.15) is 0 Å². The molecule has 3 rings (SSSR count). The lowest BCUT2D eigenvalue weighted by molar-refractivity contribution is -0.120. The van der Waals surface area contributed by atoms with Gasteiger partial charge in [0, 0.05) is 25.4 Å². The second-order valence-electron chi connectivity index (χ2n) is 6.69. The van der Waals surface area contributed by atoms with E-state index in [0.29, 0.717) is 19.4 Å². The van der Waals surface area contributed by atoms with Crippen LogP contribution in [0.4, 0.5) is 5.69 Å². The molecule has 1 aliphatic heterocycles. The fraction of sp³-hybridized carbons (Fsp3) is 0.375. The van der Waals surface area contributed by atoms with Crippen LogP contribution in [0, 0.1) is 6.92 Å². The summed E-state index contributed by atoms with van der Waals surface area (Å²) in [5.74, 6) is 0.0205. The Morgan fingerprint density at radius 1 is 1.25 bits per heavy atom. The highest BCUT2D eigenvalue weighted by Gasteiger charge is 2.10. The number of allylic oxidation sites excluding steroid dienone is 1. The third-order valence-electron chi connectivity index (χ3n) is 4.07. The number of carbonyl (C=O) groups is 1. The zero-order valence-electron chi connectivity index (χ0n) is 17.2. The van der Waals surface area contributed by atoms with Crippen molar-refractivity contribution in [3.05, 3.63) is 77.9 Å². The fourth-order valence-corrected chi connectivity index (χ4v) is 2.73. The van der Waals surface area contributed by atoms with Gasteiger partial charge in [0.25, 0.3) is 0 Å². The zero-order valence-corrected chi connectivity index (χ0v) is 17.2. The molecular formula is C24H34N2O2. The molecule has 0 atom stereocenters. The number of anilines is 1. The Hall–Kier alpha value is -2.59. The number of aryl methyl sites for hydroxylation is 2. The van der Waals surface area contributed by atoms with E-state index in [4.69, 9.17) is 5.11 Å². The van der Waals surface area contributed by atoms with Crippen LogP contribution in [0.2, 0.25) is 0 Å². The maximum atomic E-state index is 11.6. The molecule has 2 aromatic rings. The molecule has 0 spiro atoms. The lowest BCUT2D eigenvalue weighted by atomic mass is 9.99. The van der Waals surface area contributed by atoms with Crippen LogP contribution in [0.25, 0.3) is 0 Å². The Balaban J connectivity index is 0.000000324. The predicted octanol–water partition coefficient (Wildman–Crippen LogP) is 4.27. The van der Waals surface area contributed by atoms with E-state index in [-0.39, 0.29) is 12.5 Å². The van der Waals surface area contributed by atoms with Gasteiger partial charge in [0.2, 0.25) is 5.91 Å². The molecule has 0 saturated heterocycles. The van der Waals surface area contributed by atoms with Gasteiger partial charge in [-0.1, -0.05) is 54.1 Å². The van der Waals surface area contributed by atoms with Crippen molar-refractivity contribution >= 4 is 11.6 Å². The van der Waals surface area contributed by atoms with Gasteiger partial charge < -0.3 is 15.7 Å². The molecule has 4 nitrogen and oxygen atoms in total. The normalized spacial score (nSPS) is 11.4. The summed E-state index contributed by atoms with van der Waals surface area (Å²) in [4.78, 5) is 11.6. The number of fused-ring (bicyclic) bond motifs is 1. The molecule has 0 unspecified atom stereocenters. The highest BCUT2D eigenvalue weighted by atomic mass is 16.3. The minimum atomic E-state index is 0.0205. The van der Waals surface area contributed by atoms with Crippen LogP contribution in [0.1, 0.15) is 36.5 Å². The molecule has 0 aromatic heterocycles. The molecule has 0 fully saturated rings. The number of rotatable bonds is 5. The summed E-state index contributed by atoms with van der Waals surface area (Å²) in [7, 11) is 0. The summed E-state index contributed by atoms with van der Waals surface area (Å²) in [6, 6.07) is 16.4. The van der Waals surface area contributed by atoms with Crippen molar-refractivity contribution in [1.29, 1.82) is 0 Å². The van der Waals surface area contributed by atoms with Crippen LogP contribution in [0.15, 0.2) is 61.2 Å². The van der Waals surface area contributed by atoms with Gasteiger partial charge in [-0.3, -0.25) is 4.79 Å². The summed E-state index contributed by atoms with van der Waals surface area (Å²) in [5.41, 5.74) is 4.88. The van der Waals surface area contributed by atoms with Crippen LogP contribution in [-0.4, -0.2) is 30.7 Å². The number of nitrogens with one attached hydrogen (secondary N) is 2. The van der Waals surface area contributed by atoms with Crippen molar-refractivity contribution in [3.8, 4) is 0 Å². The number of carbonyl (C=O) groups excluding carboxylic acids is 1. The Morgan fingerprint density at radius 2 is 1.96 bits per heavy atom. The maximum absolute atomic E-state index is 11.6. The Kier molecular flexibility index (Phi) is 12.1. The first-order valence-corrected chi connectivity index (χ1v) is 9.92. The maximum Gasteiger partial charge on any atom is 0.224 e. The fourth-order valence-electron chi connectivity index (χ4n) is 2.73. The summed E-state index contributed by atoms with van der Waals surface area (Å²) >= 11 is 0. The van der Waals surface area contributed by atoms with E-state index in [2.05, 4.69) is 48.4 Å². The van der Waals surface area contributed by atoms with Crippen molar-refractivity contribution < 1.29 is 9.90 Å². The molecular weight excluding hydrogens is 348 g/mol. The van der Waals surface area contributed by atoms with Crippen molar-refractivity contribution in [2.45, 2.75) is 39.5 Å². The summed E-state index contributed by atoms with van der Waals surface area (Å²) in [6.07, 6.45) is 5.01. The van der Waals surface area contributed by atoms with Crippen molar-refractivity contribution in [1.82, 2.24) is 5.32 Å². The van der Waals surface area contributed by atoms with Gasteiger partial charge >= 0.3 is 0 Å². The molecule has 1 amide bonds. The highest BCUT2D eigenvalue weighted by molar-refractivity contribution is 5.78. The monoisotopic (exact) mass is 382 g/mol. The standard InChI is InChI=1S/C14H20N2O2.C7H8.C3H6/c17-8-2-7-16-14(18)10-11-4-5-13-12(9-11)3-1-6-15-13;1-7-5-3-2-4-6-7;1-3-2/h4-5,9,15,17H,1-3,6-8,10H2,(H,16,18);2-6H,1H3;3H,1H2,2H3. The molecule has 1 heterocycles. The Bertz CT molecular complexity index is 699. The predicted molar refractivity (Wildman–Crippen MR) is 119 cm³/mol. The molecule has 0 saturated carbocycles. The molecule has 0 radical (unpaired) electrons. The summed E-state index contributed by atoms with van der Waals surface area (Å²) < 4.78 is 0. The van der Waals surface area contributed by atoms with Gasteiger partial charge in [0.1, 0.15) is 0 Å². The lowest BCUT2D eigenvalue weighted by Gasteiger charge is -2.18. The topological polar surface area (TPSA) is 61.4 Å². The van der Waals surface area contributed by atoms with Crippen LogP contribution < -0.4 is 10.6 Å². The SMILES string of the molecule is C=CC.Cc1ccccc1.O=C(Cc1ccc2c(c1)CCCN2)NCCCO. The minimum absolute atomic E-state index is 0.0205. The first kappa shape index (κ1) is 23.4. The number of hydrogen-bond acceptors (Lipinski definition) is 3. The van der Waals surface area contributed by atoms with Gasteiger partial charge in [0.05, 0.1) is 6.42 Å². The van der Waals surface area contributed by atoms with Crippen molar-refractivity contribution in [2.24, 2.45) is 0 Å². The lowest BCUT2D eigenvalue weighted by Crippen LogP contribution is -2.26. The Labute approximate surface area is 169 Å². The van der Waals surface area contributed by atoms with Crippen LogP contribution in [-0.2, 0) is 17.6 Å². The van der Waals surface area contributed by atoms with Crippen LogP contribution in [0.3, 0.4) is 0 Å². The van der Waals surface area contributed by atoms with E-state index >= 15 is 0 Å². The van der Waals surface area contributed by atoms with Crippen molar-refractivity contribution in [2.75, 3.05) is 25.0 Å². The van der Waals surface area contributed by atoms with Gasteiger partial charge in [0.15, 0.2) is 0 Å². The van der Waals surface area contributed by atoms with E-state index in [0.717, 1.165) is 24.9 Å². The summed E-state index contributed by atoms with van der Waals surface area (Å²) in [6.45, 7) is 9.03. The Morgan fingerprint density at radius 3 is 2.57 bits per heavy atom. The first-order chi connectivity index (χ1) is 13.6. The molecule has 28 heavy (non-hydrogen) atoms. The molecule has 0 aliphatic carbocycles. The number of amides is 1. The molecule has 2 aromatic carbocycles. The van der Waals surface area contributed by atoms with Crippen molar-refractivity contribution in [3.63, 3.8) is 0 Å². The van der Waals surface area contributed by atoms with E-state index in [1.54, 1.807) is 6.08 Å². The second kappa shape index (κ2) is 14.5. The average Bonchev–Trinajstić information content (AvgIpc) is 2.70. The largest absolute Gasteiger partial charge is 0.396 e. The highest BCUT2D eigenvalue weighted by Crippen LogP contribution is 2.23. The zero-order chi connectivity index (χ0) is 20.6. The van der Waals surface area contributed by atoms with Gasteiger partial charge in [-0.25, -0.2) is 0 Å². The van der Waals surface area contributed by atoms with Crippen LogP contribution in [0.5, 0.6) is 0 Å². The van der Waals surface area contributed by atoms with E-state index in [1.165, 1.54) is 16.8 Å². The molecule has 3 N–H and O–H groups in total. The van der Waals surface area contributed by atoms with Crippen LogP contribution >= 0.6 is 0 Å². The number of aliphatic hydroxyl groups excluding tert-OH is 1. The molecule has 4 heteroatoms. The van der Waals surface area contributed by atoms with Gasteiger partial charge in [-0.05, 0) is 50.3 Å². The quantitative estimate of drug-likeness (QED) is 0.534. The smallest absolute Gasteiger partial charge is 0.224 e. The molecule has 1 aliphatic rings. The van der Waals surface area contributed by atoms with E-state index in [9.17, 15) is 4.79 Å². The average molecular weight is 383 g/mol. The van der Waals surface area contributed by atoms with E-state index < -0.39 is 0 Å². The number of benzene rings is 2. The van der Waals surface area contributed by atoms with E-state index in [1.807, 2.05) is 31.2 Å². The number of hydrogen-bond donors (Lipinski definition) is 3. The van der Waals surface area contributed by atoms with Gasteiger partial charge in [-0.15, -0.1) is 6.58 Å². The first-order valence-electron chi connectivity index (χ1n) is 9.92. The minimum Gasteiger partial charge on any atom is -0.396 e. The summed E-state index contributed by atoms with van der Waals surface area (Å²) in [5, 5.41) is 14.8. The third-order valence-corrected chi connectivity index (χ3v) is 4.07. The molecule has 152 valence electrons. The molecule has 0 bridgehead atoms. The number of aliphatic hydroxyl groups is 1. The second-order valence-corrected chi connectivity index (χ2v) is 6.69. The third kappa shape index (κ3) is 9.93.